The number of ether oxygens (including phenoxy) is 1. The van der Waals surface area contributed by atoms with Crippen LogP contribution in [0, 0.1) is 0 Å². The zero-order chi connectivity index (χ0) is 22.7. The lowest BCUT2D eigenvalue weighted by Crippen LogP contribution is -2.31. The minimum atomic E-state index is -0.184. The fourth-order valence-corrected chi connectivity index (χ4v) is 4.58. The Balaban J connectivity index is 1.66. The third kappa shape index (κ3) is 4.85. The van der Waals surface area contributed by atoms with Crippen LogP contribution in [0.3, 0.4) is 0 Å². The third-order valence-corrected chi connectivity index (χ3v) is 6.70. The second kappa shape index (κ2) is 9.81. The van der Waals surface area contributed by atoms with E-state index in [0.29, 0.717) is 32.8 Å². The van der Waals surface area contributed by atoms with Crippen molar-refractivity contribution in [3.05, 3.63) is 85.4 Å². The predicted molar refractivity (Wildman–Crippen MR) is 130 cm³/mol. The molecule has 1 N–H and O–H groups in total. The summed E-state index contributed by atoms with van der Waals surface area (Å²) in [6.07, 6.45) is 3.35. The Kier molecular flexibility index (Phi) is 6.89. The van der Waals surface area contributed by atoms with Gasteiger partial charge in [0.25, 0.3) is 5.56 Å². The molecule has 0 radical (unpaired) electrons. The maximum absolute atomic E-state index is 12.9. The molecule has 32 heavy (non-hydrogen) atoms. The van der Waals surface area contributed by atoms with E-state index in [1.165, 1.54) is 15.9 Å². The fraction of sp³-hybridized carbons (Fsp3) is 0.292. The molecule has 0 saturated carbocycles. The molecule has 2 unspecified atom stereocenters. The zero-order valence-corrected chi connectivity index (χ0v) is 19.8. The van der Waals surface area contributed by atoms with Gasteiger partial charge in [0.15, 0.2) is 5.82 Å². The molecule has 6 nitrogen and oxygen atoms in total. The summed E-state index contributed by atoms with van der Waals surface area (Å²) < 4.78 is 7.33. The minimum absolute atomic E-state index is 0.00131. The molecule has 2 aromatic carbocycles. The van der Waals surface area contributed by atoms with Crippen LogP contribution in [0.25, 0.3) is 11.0 Å². The summed E-state index contributed by atoms with van der Waals surface area (Å²) in [6.45, 7) is 4.30. The van der Waals surface area contributed by atoms with Crippen LogP contribution in [0.1, 0.15) is 43.3 Å². The van der Waals surface area contributed by atoms with Gasteiger partial charge in [0.1, 0.15) is 5.75 Å². The molecule has 4 rings (SSSR count). The maximum atomic E-state index is 12.9. The average Bonchev–Trinajstić information content (AvgIpc) is 3.33. The standard InChI is InChI=1S/C24H25ClN4O2S/c1-4-15(2)26-20(17-9-7-10-18(12-17)31-3)14-22-27-24-29(28-22)23(30)21(32-24)13-16-8-5-6-11-19(16)25/h5-13,15,20,26H,4,14H2,1-3H3/b21-13-. The number of fused-ring (bicyclic) bond motifs is 1. The van der Waals surface area contributed by atoms with E-state index >= 15 is 0 Å². The number of aromatic nitrogens is 3. The van der Waals surface area contributed by atoms with Gasteiger partial charge in [-0.2, -0.15) is 4.52 Å². The van der Waals surface area contributed by atoms with Crippen LogP contribution in [-0.4, -0.2) is 27.7 Å². The van der Waals surface area contributed by atoms with Crippen molar-refractivity contribution in [3.63, 3.8) is 0 Å². The Morgan fingerprint density at radius 3 is 2.78 bits per heavy atom. The molecule has 0 spiro atoms. The Bertz CT molecular complexity index is 1330. The number of benzene rings is 2. The van der Waals surface area contributed by atoms with Crippen LogP contribution in [0.5, 0.6) is 5.75 Å². The van der Waals surface area contributed by atoms with E-state index in [9.17, 15) is 4.79 Å². The molecule has 166 valence electrons. The smallest absolute Gasteiger partial charge is 0.291 e. The molecular formula is C24H25ClN4O2S. The first-order chi connectivity index (χ1) is 15.5. The van der Waals surface area contributed by atoms with Gasteiger partial charge in [0.05, 0.1) is 11.6 Å². The molecular weight excluding hydrogens is 444 g/mol. The van der Waals surface area contributed by atoms with Crippen molar-refractivity contribution in [3.8, 4) is 5.75 Å². The topological polar surface area (TPSA) is 68.5 Å². The van der Waals surface area contributed by atoms with Crippen molar-refractivity contribution in [2.75, 3.05) is 7.11 Å². The maximum Gasteiger partial charge on any atom is 0.291 e. The van der Waals surface area contributed by atoms with E-state index in [1.807, 2.05) is 36.4 Å². The van der Waals surface area contributed by atoms with Gasteiger partial charge in [0, 0.05) is 23.5 Å². The van der Waals surface area contributed by atoms with Crippen molar-refractivity contribution in [2.24, 2.45) is 0 Å². The fourth-order valence-electron chi connectivity index (χ4n) is 3.47. The third-order valence-electron chi connectivity index (χ3n) is 5.40. The van der Waals surface area contributed by atoms with Crippen LogP contribution < -0.4 is 20.1 Å². The van der Waals surface area contributed by atoms with E-state index in [2.05, 4.69) is 35.3 Å². The number of hydrogen-bond donors (Lipinski definition) is 1. The molecule has 2 atom stereocenters. The lowest BCUT2D eigenvalue weighted by Gasteiger charge is -2.22. The van der Waals surface area contributed by atoms with Crippen LogP contribution in [0.2, 0.25) is 5.02 Å². The molecule has 4 aromatic rings. The summed E-state index contributed by atoms with van der Waals surface area (Å²) in [5.41, 5.74) is 1.71. The highest BCUT2D eigenvalue weighted by atomic mass is 35.5. The number of hydrogen-bond acceptors (Lipinski definition) is 6. The van der Waals surface area contributed by atoms with Crippen molar-refractivity contribution < 1.29 is 4.74 Å². The van der Waals surface area contributed by atoms with Gasteiger partial charge < -0.3 is 10.1 Å². The lowest BCUT2D eigenvalue weighted by atomic mass is 10.0. The first kappa shape index (κ1) is 22.5. The zero-order valence-electron chi connectivity index (χ0n) is 18.2. The van der Waals surface area contributed by atoms with Gasteiger partial charge in [-0.1, -0.05) is 60.2 Å². The van der Waals surface area contributed by atoms with Crippen molar-refractivity contribution >= 4 is 34.0 Å². The van der Waals surface area contributed by atoms with Crippen LogP contribution in [0.15, 0.2) is 53.3 Å². The molecule has 0 aliphatic rings. The second-order valence-corrected chi connectivity index (χ2v) is 9.09. The number of halogens is 1. The van der Waals surface area contributed by atoms with E-state index < -0.39 is 0 Å². The molecule has 0 aliphatic carbocycles. The van der Waals surface area contributed by atoms with Crippen molar-refractivity contribution in [1.82, 2.24) is 19.9 Å². The minimum Gasteiger partial charge on any atom is -0.497 e. The van der Waals surface area contributed by atoms with Gasteiger partial charge >= 0.3 is 0 Å². The average molecular weight is 469 g/mol. The van der Waals surface area contributed by atoms with E-state index in [1.54, 1.807) is 19.3 Å². The van der Waals surface area contributed by atoms with E-state index in [0.717, 1.165) is 23.3 Å². The number of nitrogens with one attached hydrogen (secondary N) is 1. The van der Waals surface area contributed by atoms with Gasteiger partial charge in [0.2, 0.25) is 4.96 Å². The van der Waals surface area contributed by atoms with Crippen molar-refractivity contribution in [2.45, 2.75) is 38.8 Å². The Hall–Kier alpha value is -2.74. The van der Waals surface area contributed by atoms with Gasteiger partial charge in [-0.25, -0.2) is 4.98 Å². The van der Waals surface area contributed by atoms with Gasteiger partial charge in [-0.15, -0.1) is 5.10 Å². The highest BCUT2D eigenvalue weighted by Gasteiger charge is 2.19. The molecule has 0 fully saturated rings. The lowest BCUT2D eigenvalue weighted by molar-refractivity contribution is 0.409. The van der Waals surface area contributed by atoms with Crippen LogP contribution in [-0.2, 0) is 6.42 Å². The summed E-state index contributed by atoms with van der Waals surface area (Å²) in [5.74, 6) is 1.43. The number of rotatable bonds is 8. The SMILES string of the molecule is CCC(C)NC(Cc1nc2s/c(=C\c3ccccc3Cl)c(=O)n2n1)c1cccc(OC)c1. The van der Waals surface area contributed by atoms with E-state index in [4.69, 9.17) is 16.3 Å². The molecule has 0 saturated heterocycles. The molecule has 2 heterocycles. The summed E-state index contributed by atoms with van der Waals surface area (Å²) in [6, 6.07) is 15.7. The Labute approximate surface area is 195 Å². The van der Waals surface area contributed by atoms with E-state index in [-0.39, 0.29) is 11.6 Å². The quantitative estimate of drug-likeness (QED) is 0.423. The van der Waals surface area contributed by atoms with Crippen LogP contribution in [0.4, 0.5) is 0 Å². The number of thiazole rings is 1. The first-order valence-corrected chi connectivity index (χ1v) is 11.7. The molecule has 0 bridgehead atoms. The normalized spacial score (nSPS) is 14.1. The summed E-state index contributed by atoms with van der Waals surface area (Å²) in [5, 5.41) is 8.76. The number of nitrogens with zero attached hydrogens (tertiary/aromatic N) is 3. The van der Waals surface area contributed by atoms with Gasteiger partial charge in [-0.3, -0.25) is 4.79 Å². The first-order valence-electron chi connectivity index (χ1n) is 10.5. The molecule has 0 amide bonds. The Morgan fingerprint density at radius 2 is 2.06 bits per heavy atom. The molecule has 0 aliphatic heterocycles. The highest BCUT2D eigenvalue weighted by Crippen LogP contribution is 2.23. The van der Waals surface area contributed by atoms with Gasteiger partial charge in [-0.05, 0) is 48.7 Å². The Morgan fingerprint density at radius 1 is 1.25 bits per heavy atom. The van der Waals surface area contributed by atoms with Crippen LogP contribution >= 0.6 is 22.9 Å². The monoisotopic (exact) mass is 468 g/mol. The number of methoxy groups -OCH3 is 1. The summed E-state index contributed by atoms with van der Waals surface area (Å²) >= 11 is 7.55. The summed E-state index contributed by atoms with van der Waals surface area (Å²) in [4.78, 5) is 18.1. The summed E-state index contributed by atoms with van der Waals surface area (Å²) in [7, 11) is 1.66. The molecule has 2 aromatic heterocycles. The highest BCUT2D eigenvalue weighted by molar-refractivity contribution is 7.15. The molecule has 8 heteroatoms. The van der Waals surface area contributed by atoms with Crippen molar-refractivity contribution in [1.29, 1.82) is 0 Å². The second-order valence-electron chi connectivity index (χ2n) is 7.67. The predicted octanol–water partition coefficient (Wildman–Crippen LogP) is 4.03. The largest absolute Gasteiger partial charge is 0.497 e.